The zero-order valence-corrected chi connectivity index (χ0v) is 12.5. The van der Waals surface area contributed by atoms with E-state index < -0.39 is 12.1 Å². The van der Waals surface area contributed by atoms with Crippen LogP contribution < -0.4 is 5.32 Å². The van der Waals surface area contributed by atoms with Gasteiger partial charge in [0, 0.05) is 18.1 Å². The molecule has 5 heteroatoms. The van der Waals surface area contributed by atoms with Gasteiger partial charge in [-0.1, -0.05) is 6.92 Å². The molecule has 1 aliphatic rings. The van der Waals surface area contributed by atoms with Crippen LogP contribution in [0.25, 0.3) is 0 Å². The first-order valence-electron chi connectivity index (χ1n) is 7.19. The monoisotopic (exact) mass is 280 g/mol. The first-order chi connectivity index (χ1) is 8.63. The quantitative estimate of drug-likeness (QED) is 0.849. The molecule has 0 aromatic carbocycles. The summed E-state index contributed by atoms with van der Waals surface area (Å²) in [5.74, 6) is -1.10. The first kappa shape index (κ1) is 16.8. The molecule has 0 bridgehead atoms. The van der Waals surface area contributed by atoms with Crippen molar-refractivity contribution in [3.8, 4) is 0 Å². The molecule has 0 amide bonds. The van der Waals surface area contributed by atoms with Gasteiger partial charge in [0.15, 0.2) is 0 Å². The molecule has 0 aromatic rings. The minimum absolute atomic E-state index is 0.0533. The second kappa shape index (κ2) is 6.44. The molecule has 1 unspecified atom stereocenters. The molecule has 1 aliphatic heterocycles. The fraction of sp³-hybridized carbons (Fsp3) is 1.00. The normalized spacial score (nSPS) is 21.6. The lowest BCUT2D eigenvalue weighted by atomic mass is 9.94. The second-order valence-corrected chi connectivity index (χ2v) is 6.54. The van der Waals surface area contributed by atoms with Gasteiger partial charge in [-0.05, 0) is 53.1 Å². The average Bonchev–Trinajstić information content (AvgIpc) is 2.28. The molecule has 1 saturated heterocycles. The van der Waals surface area contributed by atoms with Gasteiger partial charge in [0.05, 0.1) is 5.92 Å². The van der Waals surface area contributed by atoms with Crippen molar-refractivity contribution in [3.05, 3.63) is 0 Å². The van der Waals surface area contributed by atoms with Crippen LogP contribution in [0.5, 0.6) is 0 Å². The molecule has 1 rings (SSSR count). The van der Waals surface area contributed by atoms with Crippen LogP contribution in [0.2, 0.25) is 0 Å². The average molecular weight is 280 g/mol. The largest absolute Gasteiger partial charge is 0.391 e. The van der Waals surface area contributed by atoms with E-state index in [1.807, 2.05) is 0 Å². The molecule has 1 N–H and O–H groups in total. The fourth-order valence-corrected chi connectivity index (χ4v) is 2.55. The Morgan fingerprint density at radius 3 is 2.05 bits per heavy atom. The molecule has 1 fully saturated rings. The van der Waals surface area contributed by atoms with E-state index >= 15 is 0 Å². The number of likely N-dealkylation sites (tertiary alicyclic amines) is 1. The Bertz CT molecular complexity index is 263. The van der Waals surface area contributed by atoms with Gasteiger partial charge in [-0.3, -0.25) is 4.90 Å². The van der Waals surface area contributed by atoms with Crippen molar-refractivity contribution in [2.24, 2.45) is 5.92 Å². The highest BCUT2D eigenvalue weighted by Gasteiger charge is 2.41. The molecule has 0 aromatic heterocycles. The fourth-order valence-electron chi connectivity index (χ4n) is 2.55. The Morgan fingerprint density at radius 2 is 1.68 bits per heavy atom. The van der Waals surface area contributed by atoms with Crippen LogP contribution in [0, 0.1) is 5.92 Å². The van der Waals surface area contributed by atoms with Crippen LogP contribution in [0.15, 0.2) is 0 Å². The van der Waals surface area contributed by atoms with Crippen LogP contribution in [-0.4, -0.2) is 42.3 Å². The zero-order valence-electron chi connectivity index (χ0n) is 12.5. The maximum absolute atomic E-state index is 12.6. The SMILES string of the molecule is CCC(CNC(C)(C)C)N1CCC(C(F)(F)F)CC1. The smallest absolute Gasteiger partial charge is 0.311 e. The number of alkyl halides is 3. The molecule has 0 spiro atoms. The molecule has 114 valence electrons. The summed E-state index contributed by atoms with van der Waals surface area (Å²) >= 11 is 0. The standard InChI is InChI=1S/C14H27F3N2/c1-5-12(10-18-13(2,3)4)19-8-6-11(7-9-19)14(15,16)17/h11-12,18H,5-10H2,1-4H3. The van der Waals surface area contributed by atoms with Crippen molar-refractivity contribution in [2.75, 3.05) is 19.6 Å². The summed E-state index contributed by atoms with van der Waals surface area (Å²) in [5, 5.41) is 3.45. The van der Waals surface area contributed by atoms with Gasteiger partial charge < -0.3 is 5.32 Å². The van der Waals surface area contributed by atoms with E-state index in [0.29, 0.717) is 19.1 Å². The van der Waals surface area contributed by atoms with Gasteiger partial charge in [0.1, 0.15) is 0 Å². The number of piperidine rings is 1. The Balaban J connectivity index is 2.44. The molecule has 0 radical (unpaired) electrons. The lowest BCUT2D eigenvalue weighted by Crippen LogP contribution is -2.50. The molecular formula is C14H27F3N2. The summed E-state index contributed by atoms with van der Waals surface area (Å²) < 4.78 is 37.9. The van der Waals surface area contributed by atoms with Crippen molar-refractivity contribution in [3.63, 3.8) is 0 Å². The molecule has 1 atom stereocenters. The van der Waals surface area contributed by atoms with Crippen molar-refractivity contribution in [1.29, 1.82) is 0 Å². The predicted octanol–water partition coefficient (Wildman–Crippen LogP) is 3.43. The molecule has 0 aliphatic carbocycles. The van der Waals surface area contributed by atoms with Crippen LogP contribution in [0.1, 0.15) is 47.0 Å². The summed E-state index contributed by atoms with van der Waals surface area (Å²) in [6.45, 7) is 10.4. The lowest BCUT2D eigenvalue weighted by molar-refractivity contribution is -0.186. The minimum atomic E-state index is -4.02. The third-order valence-electron chi connectivity index (χ3n) is 3.85. The summed E-state index contributed by atoms with van der Waals surface area (Å²) in [6.07, 6.45) is -2.55. The third-order valence-corrected chi connectivity index (χ3v) is 3.85. The number of nitrogens with zero attached hydrogens (tertiary/aromatic N) is 1. The molecule has 2 nitrogen and oxygen atoms in total. The lowest BCUT2D eigenvalue weighted by Gasteiger charge is -2.39. The van der Waals surface area contributed by atoms with Crippen LogP contribution in [-0.2, 0) is 0 Å². The van der Waals surface area contributed by atoms with Crippen LogP contribution in [0.3, 0.4) is 0 Å². The summed E-state index contributed by atoms with van der Waals surface area (Å²) in [5.41, 5.74) is 0.0533. The predicted molar refractivity (Wildman–Crippen MR) is 72.2 cm³/mol. The maximum Gasteiger partial charge on any atom is 0.391 e. The Hall–Kier alpha value is -0.290. The third kappa shape index (κ3) is 5.69. The van der Waals surface area contributed by atoms with E-state index in [1.165, 1.54) is 0 Å². The number of halogens is 3. The Kier molecular flexibility index (Phi) is 5.68. The van der Waals surface area contributed by atoms with E-state index in [0.717, 1.165) is 13.0 Å². The summed E-state index contributed by atoms with van der Waals surface area (Å²) in [4.78, 5) is 2.21. The second-order valence-electron chi connectivity index (χ2n) is 6.54. The first-order valence-corrected chi connectivity index (χ1v) is 7.19. The highest BCUT2D eigenvalue weighted by Crippen LogP contribution is 2.34. The van der Waals surface area contributed by atoms with Gasteiger partial charge >= 0.3 is 6.18 Å². The van der Waals surface area contributed by atoms with Crippen LogP contribution >= 0.6 is 0 Å². The van der Waals surface area contributed by atoms with E-state index in [9.17, 15) is 13.2 Å². The van der Waals surface area contributed by atoms with Crippen molar-refractivity contribution in [2.45, 2.75) is 64.7 Å². The van der Waals surface area contributed by atoms with Gasteiger partial charge in [-0.2, -0.15) is 13.2 Å². The van der Waals surface area contributed by atoms with Crippen molar-refractivity contribution in [1.82, 2.24) is 10.2 Å². The maximum atomic E-state index is 12.6. The molecule has 0 saturated carbocycles. The number of rotatable bonds is 4. The van der Waals surface area contributed by atoms with E-state index in [2.05, 4.69) is 37.9 Å². The number of nitrogens with one attached hydrogen (secondary N) is 1. The number of hydrogen-bond acceptors (Lipinski definition) is 2. The summed E-state index contributed by atoms with van der Waals surface area (Å²) in [7, 11) is 0. The van der Waals surface area contributed by atoms with Crippen molar-refractivity contribution < 1.29 is 13.2 Å². The minimum Gasteiger partial charge on any atom is -0.311 e. The summed E-state index contributed by atoms with van der Waals surface area (Å²) in [6, 6.07) is 0.341. The highest BCUT2D eigenvalue weighted by atomic mass is 19.4. The van der Waals surface area contributed by atoms with Gasteiger partial charge in [-0.15, -0.1) is 0 Å². The van der Waals surface area contributed by atoms with Gasteiger partial charge in [0.2, 0.25) is 0 Å². The Labute approximate surface area is 114 Å². The van der Waals surface area contributed by atoms with Gasteiger partial charge in [0.25, 0.3) is 0 Å². The highest BCUT2D eigenvalue weighted by molar-refractivity contribution is 4.83. The van der Waals surface area contributed by atoms with Crippen molar-refractivity contribution >= 4 is 0 Å². The Morgan fingerprint density at radius 1 is 1.16 bits per heavy atom. The topological polar surface area (TPSA) is 15.3 Å². The van der Waals surface area contributed by atoms with Gasteiger partial charge in [-0.25, -0.2) is 0 Å². The van der Waals surface area contributed by atoms with E-state index in [4.69, 9.17) is 0 Å². The van der Waals surface area contributed by atoms with Crippen LogP contribution in [0.4, 0.5) is 13.2 Å². The molecular weight excluding hydrogens is 253 g/mol. The van der Waals surface area contributed by atoms with E-state index in [1.54, 1.807) is 0 Å². The zero-order chi connectivity index (χ0) is 14.7. The molecule has 1 heterocycles. The number of hydrogen-bond donors (Lipinski definition) is 1. The molecule has 19 heavy (non-hydrogen) atoms. The van der Waals surface area contributed by atoms with E-state index in [-0.39, 0.29) is 18.4 Å².